The van der Waals surface area contributed by atoms with Crippen LogP contribution in [0, 0.1) is 3.83 Å². The smallest absolute Gasteiger partial charge is 0.303 e. The molecule has 2 aromatic rings. The monoisotopic (exact) mass is 577 g/mol. The average Bonchev–Trinajstić information content (AvgIpc) is 3.27. The van der Waals surface area contributed by atoms with E-state index in [0.717, 1.165) is 6.42 Å². The minimum atomic E-state index is -1.05. The Balaban J connectivity index is 2.01. The summed E-state index contributed by atoms with van der Waals surface area (Å²) in [4.78, 5) is 53.4. The number of carbonyl (C=O) groups is 3. The highest BCUT2D eigenvalue weighted by molar-refractivity contribution is 14.1. The molecule has 180 valence electrons. The van der Waals surface area contributed by atoms with E-state index in [2.05, 4.69) is 20.4 Å². The summed E-state index contributed by atoms with van der Waals surface area (Å²) in [6.07, 6.45) is -1.70. The van der Waals surface area contributed by atoms with Gasteiger partial charge in [0.25, 0.3) is 0 Å². The molecule has 0 saturated carbocycles. The minimum absolute atomic E-state index is 0.210. The quantitative estimate of drug-likeness (QED) is 0.115. The van der Waals surface area contributed by atoms with Gasteiger partial charge >= 0.3 is 17.9 Å². The Morgan fingerprint density at radius 1 is 1.12 bits per heavy atom. The molecule has 3 heterocycles. The lowest BCUT2D eigenvalue weighted by atomic mass is 10.1. The van der Waals surface area contributed by atoms with Gasteiger partial charge in [-0.15, -0.1) is 0 Å². The normalized spacial score (nSPS) is 22.2. The Kier molecular flexibility index (Phi) is 8.36. The third-order valence-electron chi connectivity index (χ3n) is 4.48. The van der Waals surface area contributed by atoms with Crippen LogP contribution in [0.4, 0.5) is 5.82 Å². The molecule has 1 saturated heterocycles. The Hall–Kier alpha value is -2.59. The van der Waals surface area contributed by atoms with Crippen LogP contribution in [0.25, 0.3) is 11.2 Å². The van der Waals surface area contributed by atoms with Crippen molar-refractivity contribution in [1.82, 2.24) is 19.5 Å². The minimum Gasteiger partial charge on any atom is -0.463 e. The van der Waals surface area contributed by atoms with Crippen LogP contribution in [0.5, 0.6) is 0 Å². The summed E-state index contributed by atoms with van der Waals surface area (Å²) in [5.41, 5.74) is 3.53. The summed E-state index contributed by atoms with van der Waals surface area (Å²) in [5, 5.41) is 0. The average molecular weight is 577 g/mol. The first-order valence-electron chi connectivity index (χ1n) is 10.1. The zero-order valence-electron chi connectivity index (χ0n) is 18.4. The number of fused-ring (bicyclic) bond motifs is 1. The molecule has 0 unspecified atom stereocenters. The molecule has 2 aromatic heterocycles. The maximum atomic E-state index is 11.9. The lowest BCUT2D eigenvalue weighted by Crippen LogP contribution is -2.40. The van der Waals surface area contributed by atoms with Gasteiger partial charge in [0.1, 0.15) is 12.7 Å². The molecule has 1 aliphatic rings. The van der Waals surface area contributed by atoms with Crippen molar-refractivity contribution in [3.63, 3.8) is 0 Å². The summed E-state index contributed by atoms with van der Waals surface area (Å²) in [5.74, 6) is -1.40. The molecule has 0 spiro atoms. The predicted octanol–water partition coefficient (Wildman–Crippen LogP) is 1.51. The van der Waals surface area contributed by atoms with Crippen LogP contribution in [0.2, 0.25) is 0 Å². The number of hydrogen-bond acceptors (Lipinski definition) is 12. The largest absolute Gasteiger partial charge is 0.463 e. The second kappa shape index (κ2) is 11.0. The number of nitrogens with one attached hydrogen (secondary N) is 1. The third kappa shape index (κ3) is 6.05. The van der Waals surface area contributed by atoms with Crippen LogP contribution in [0.1, 0.15) is 40.3 Å². The van der Waals surface area contributed by atoms with E-state index in [9.17, 15) is 14.4 Å². The van der Waals surface area contributed by atoms with Crippen molar-refractivity contribution < 1.29 is 38.2 Å². The van der Waals surface area contributed by atoms with Crippen molar-refractivity contribution >= 4 is 57.5 Å². The number of aromatic nitrogens is 4. The maximum absolute atomic E-state index is 11.9. The van der Waals surface area contributed by atoms with Crippen LogP contribution in [-0.2, 0) is 38.2 Å². The molecule has 13 nitrogen and oxygen atoms in total. The molecule has 0 bridgehead atoms. The highest BCUT2D eigenvalue weighted by Crippen LogP contribution is 2.36. The topological polar surface area (TPSA) is 153 Å². The Morgan fingerprint density at radius 3 is 2.45 bits per heavy atom. The summed E-state index contributed by atoms with van der Waals surface area (Å²) < 4.78 is 23.9. The molecule has 0 amide bonds. The van der Waals surface area contributed by atoms with Gasteiger partial charge in [-0.3, -0.25) is 23.8 Å². The standard InChI is InChI=1S/C19H24IN5O8/c1-5-6-30-24-16-13-17(23-19(20)22-16)25(8-21-13)18-15(32-11(4)28)14(31-10(3)27)12(33-18)7-29-9(2)26/h8,12,14-15,18H,5-7H2,1-4H3,(H,22,23,24)/t12-,14-,15-,18-/m1/s1. The van der Waals surface area contributed by atoms with E-state index < -0.39 is 42.4 Å². The number of imidazole rings is 1. The summed E-state index contributed by atoms with van der Waals surface area (Å²) >= 11 is 1.95. The van der Waals surface area contributed by atoms with E-state index in [4.69, 9.17) is 23.8 Å². The molecule has 0 aliphatic carbocycles. The van der Waals surface area contributed by atoms with Gasteiger partial charge in [0.2, 0.25) is 0 Å². The molecule has 4 atom stereocenters. The number of rotatable bonds is 9. The van der Waals surface area contributed by atoms with Crippen LogP contribution < -0.4 is 5.48 Å². The van der Waals surface area contributed by atoms with E-state index in [-0.39, 0.29) is 6.61 Å². The number of anilines is 1. The third-order valence-corrected chi connectivity index (χ3v) is 4.97. The molecule has 3 rings (SSSR count). The van der Waals surface area contributed by atoms with Crippen LogP contribution >= 0.6 is 22.6 Å². The Labute approximate surface area is 202 Å². The highest BCUT2D eigenvalue weighted by atomic mass is 127. The SMILES string of the molecule is CCCONc1nc(I)nc2c1ncn2[C@@H]1O[C@H](COC(C)=O)[C@@H](OC(C)=O)[C@H]1OC(C)=O. The van der Waals surface area contributed by atoms with Crippen LogP contribution in [0.15, 0.2) is 6.33 Å². The number of esters is 3. The van der Waals surface area contributed by atoms with Crippen molar-refractivity contribution in [3.05, 3.63) is 10.2 Å². The first kappa shape index (κ1) is 25.0. The number of hydrogen-bond donors (Lipinski definition) is 1. The number of ether oxygens (including phenoxy) is 4. The van der Waals surface area contributed by atoms with Gasteiger partial charge in [-0.25, -0.2) is 20.4 Å². The molecule has 14 heteroatoms. The lowest BCUT2D eigenvalue weighted by molar-refractivity contribution is -0.166. The summed E-state index contributed by atoms with van der Waals surface area (Å²) in [6.45, 7) is 5.91. The summed E-state index contributed by atoms with van der Waals surface area (Å²) in [6, 6.07) is 0. The summed E-state index contributed by atoms with van der Waals surface area (Å²) in [7, 11) is 0. The lowest BCUT2D eigenvalue weighted by Gasteiger charge is -2.23. The number of carbonyl (C=O) groups excluding carboxylic acids is 3. The molecule has 33 heavy (non-hydrogen) atoms. The van der Waals surface area contributed by atoms with Gasteiger partial charge in [-0.2, -0.15) is 0 Å². The van der Waals surface area contributed by atoms with E-state index in [1.54, 1.807) is 4.57 Å². The molecule has 0 aromatic carbocycles. The van der Waals surface area contributed by atoms with Gasteiger partial charge in [0.05, 0.1) is 12.9 Å². The van der Waals surface area contributed by atoms with Gasteiger partial charge in [-0.05, 0) is 6.42 Å². The fraction of sp³-hybridized carbons (Fsp3) is 0.579. The number of halogens is 1. The van der Waals surface area contributed by atoms with E-state index >= 15 is 0 Å². The second-order valence-electron chi connectivity index (χ2n) is 7.13. The molecular formula is C19H24IN5O8. The molecule has 0 radical (unpaired) electrons. The fourth-order valence-corrected chi connectivity index (χ4v) is 3.76. The fourth-order valence-electron chi connectivity index (χ4n) is 3.29. The Bertz CT molecular complexity index is 1030. The van der Waals surface area contributed by atoms with Crippen molar-refractivity contribution in [3.8, 4) is 0 Å². The maximum Gasteiger partial charge on any atom is 0.303 e. The Morgan fingerprint density at radius 2 is 1.82 bits per heavy atom. The molecule has 1 N–H and O–H groups in total. The van der Waals surface area contributed by atoms with Gasteiger partial charge in [0.15, 0.2) is 39.2 Å². The van der Waals surface area contributed by atoms with Crippen molar-refractivity contribution in [2.24, 2.45) is 0 Å². The van der Waals surface area contributed by atoms with Crippen molar-refractivity contribution in [1.29, 1.82) is 0 Å². The molecule has 1 fully saturated rings. The highest BCUT2D eigenvalue weighted by Gasteiger charge is 2.51. The zero-order chi connectivity index (χ0) is 24.1. The van der Waals surface area contributed by atoms with Gasteiger partial charge in [-0.1, -0.05) is 6.92 Å². The van der Waals surface area contributed by atoms with Gasteiger partial charge < -0.3 is 18.9 Å². The van der Waals surface area contributed by atoms with Crippen molar-refractivity contribution in [2.75, 3.05) is 18.7 Å². The first-order valence-corrected chi connectivity index (χ1v) is 11.2. The first-order chi connectivity index (χ1) is 15.7. The zero-order valence-corrected chi connectivity index (χ0v) is 20.6. The molecule has 1 aliphatic heterocycles. The van der Waals surface area contributed by atoms with Crippen LogP contribution in [-0.4, -0.2) is 69.0 Å². The van der Waals surface area contributed by atoms with Crippen molar-refractivity contribution in [2.45, 2.75) is 58.7 Å². The second-order valence-corrected chi connectivity index (χ2v) is 8.10. The van der Waals surface area contributed by atoms with Crippen LogP contribution in [0.3, 0.4) is 0 Å². The van der Waals surface area contributed by atoms with Gasteiger partial charge in [0, 0.05) is 43.4 Å². The van der Waals surface area contributed by atoms with E-state index in [1.807, 2.05) is 29.5 Å². The number of nitrogens with zero attached hydrogens (tertiary/aromatic N) is 4. The van der Waals surface area contributed by atoms with E-state index in [0.29, 0.717) is 27.4 Å². The van der Waals surface area contributed by atoms with E-state index in [1.165, 1.54) is 27.1 Å². The predicted molar refractivity (Wildman–Crippen MR) is 120 cm³/mol. The molecular weight excluding hydrogens is 553 g/mol.